The number of piperidine rings is 1. The Morgan fingerprint density at radius 3 is 2.39 bits per heavy atom. The SMILES string of the molecule is Cc1nc2c(Cc3ccc(S(=O)(=O)N(C)[C@@H](CC(C)C)C(=O)[N+]4(C(N)=O)CCC(=C5c6ccc(Cl)cc6CCc6cccnc65)CC4)cc3)nccc2[nH]1. The molecule has 0 unspecified atom stereocenters. The third kappa shape index (κ3) is 6.99. The van der Waals surface area contributed by atoms with Crippen LogP contribution < -0.4 is 5.73 Å². The fourth-order valence-electron chi connectivity index (χ4n) is 8.01. The van der Waals surface area contributed by atoms with Crippen LogP contribution >= 0.6 is 11.6 Å². The highest BCUT2D eigenvalue weighted by molar-refractivity contribution is 7.89. The number of aromatic amines is 1. The van der Waals surface area contributed by atoms with Gasteiger partial charge in [-0.25, -0.2) is 23.0 Å². The summed E-state index contributed by atoms with van der Waals surface area (Å²) < 4.78 is 28.9. The predicted octanol–water partition coefficient (Wildman–Crippen LogP) is 6.76. The molecule has 13 heteroatoms. The number of likely N-dealkylation sites (N-methyl/N-ethyl adjacent to an activating group) is 1. The Balaban J connectivity index is 1.17. The van der Waals surface area contributed by atoms with Gasteiger partial charge in [-0.2, -0.15) is 8.79 Å². The third-order valence-electron chi connectivity index (χ3n) is 10.9. The molecular weight excluding hydrogens is 722 g/mol. The lowest BCUT2D eigenvalue weighted by Crippen LogP contribution is -2.67. The molecule has 7 rings (SSSR count). The molecule has 1 fully saturated rings. The van der Waals surface area contributed by atoms with Crippen molar-refractivity contribution in [1.82, 2.24) is 24.2 Å². The van der Waals surface area contributed by atoms with Crippen molar-refractivity contribution in [1.29, 1.82) is 0 Å². The van der Waals surface area contributed by atoms with Gasteiger partial charge in [0.15, 0.2) is 0 Å². The van der Waals surface area contributed by atoms with E-state index in [9.17, 15) is 18.0 Å². The van der Waals surface area contributed by atoms with Crippen LogP contribution in [0.15, 0.2) is 83.5 Å². The fraction of sp³-hybridized carbons (Fsp3) is 0.341. The Kier molecular flexibility index (Phi) is 10.3. The van der Waals surface area contributed by atoms with Gasteiger partial charge < -0.3 is 10.7 Å². The zero-order chi connectivity index (χ0) is 38.4. The highest BCUT2D eigenvalue weighted by Crippen LogP contribution is 2.40. The monoisotopic (exact) mass is 766 g/mol. The number of nitrogens with two attached hydrogens (primary N) is 1. The number of hydrogen-bond acceptors (Lipinski definition) is 7. The van der Waals surface area contributed by atoms with Gasteiger partial charge in [-0.1, -0.05) is 49.7 Å². The van der Waals surface area contributed by atoms with E-state index in [1.165, 1.54) is 7.05 Å². The number of rotatable bonds is 8. The molecular formula is C41H45ClN7O4S+. The van der Waals surface area contributed by atoms with E-state index < -0.39 is 32.5 Å². The van der Waals surface area contributed by atoms with Crippen molar-refractivity contribution in [3.8, 4) is 0 Å². The molecule has 11 nitrogen and oxygen atoms in total. The first-order valence-corrected chi connectivity index (χ1v) is 20.1. The number of imide groups is 1. The number of quaternary nitrogens is 1. The average Bonchev–Trinajstić information content (AvgIpc) is 3.47. The van der Waals surface area contributed by atoms with Gasteiger partial charge in [0, 0.05) is 49.3 Å². The third-order valence-corrected chi connectivity index (χ3v) is 13.0. The second kappa shape index (κ2) is 14.8. The number of primary amides is 1. The lowest BCUT2D eigenvalue weighted by Gasteiger charge is -2.40. The van der Waals surface area contributed by atoms with Crippen LogP contribution in [0.3, 0.4) is 0 Å². The minimum Gasteiger partial charge on any atom is -0.342 e. The smallest absolute Gasteiger partial charge is 0.342 e. The molecule has 2 aliphatic rings. The summed E-state index contributed by atoms with van der Waals surface area (Å²) in [5, 5.41) is 0.664. The number of carbonyl (C=O) groups excluding carboxylic acids is 2. The highest BCUT2D eigenvalue weighted by atomic mass is 35.5. The van der Waals surface area contributed by atoms with Crippen molar-refractivity contribution in [3.63, 3.8) is 0 Å². The zero-order valence-corrected chi connectivity index (χ0v) is 32.5. The molecule has 0 bridgehead atoms. The first-order chi connectivity index (χ1) is 25.8. The largest absolute Gasteiger partial charge is 0.421 e. The topological polar surface area (TPSA) is 152 Å². The molecule has 280 valence electrons. The minimum absolute atomic E-state index is 0.0478. The van der Waals surface area contributed by atoms with Crippen LogP contribution in [0.1, 0.15) is 72.6 Å². The molecule has 3 aromatic heterocycles. The number of amides is 3. The number of aryl methyl sites for hydroxylation is 3. The summed E-state index contributed by atoms with van der Waals surface area (Å²) >= 11 is 6.42. The van der Waals surface area contributed by atoms with Crippen LogP contribution in [-0.2, 0) is 34.1 Å². The number of benzene rings is 2. The van der Waals surface area contributed by atoms with Crippen LogP contribution in [-0.4, -0.2) is 75.3 Å². The molecule has 0 spiro atoms. The summed E-state index contributed by atoms with van der Waals surface area (Å²) in [4.78, 5) is 45.4. The standard InChI is InChI=1S/C41H44ClN7O4S/c1-25(2)22-36(48(4)54(52,53)32-12-7-27(8-13-32)23-35-39-34(15-19-44-35)46-26(3)47-39)40(50)49(41(43)51)20-16-28(17-21-49)37-33-14-11-31(42)24-30(33)10-9-29-6-5-18-45-38(29)37/h5-8,11-15,18-19,24-25,36H,9-10,16-17,20-23H2,1-4H3,(H2-,43,44,46,47,51)/p+1/t36-,49?/m0/s1. The number of sulfonamides is 1. The Bertz CT molecular complexity index is 2400. The van der Waals surface area contributed by atoms with Gasteiger partial charge in [-0.15, -0.1) is 0 Å². The van der Waals surface area contributed by atoms with E-state index in [1.54, 1.807) is 36.7 Å². The molecule has 5 aromatic rings. The van der Waals surface area contributed by atoms with Gasteiger partial charge in [-0.05, 0) is 96.3 Å². The van der Waals surface area contributed by atoms with Crippen LogP contribution in [0, 0.1) is 12.8 Å². The molecule has 3 N–H and O–H groups in total. The quantitative estimate of drug-likeness (QED) is 0.166. The maximum Gasteiger partial charge on any atom is 0.421 e. The van der Waals surface area contributed by atoms with Crippen molar-refractivity contribution >= 4 is 50.2 Å². The number of urea groups is 1. The Morgan fingerprint density at radius 2 is 1.69 bits per heavy atom. The number of likely N-dealkylation sites (tertiary alicyclic amines) is 1. The van der Waals surface area contributed by atoms with Gasteiger partial charge in [-0.3, -0.25) is 9.97 Å². The normalized spacial score (nSPS) is 18.1. The molecule has 3 amide bonds. The van der Waals surface area contributed by atoms with Crippen LogP contribution in [0.4, 0.5) is 4.79 Å². The lowest BCUT2D eigenvalue weighted by atomic mass is 9.87. The van der Waals surface area contributed by atoms with Crippen molar-refractivity contribution in [2.45, 2.75) is 70.2 Å². The molecule has 1 saturated heterocycles. The van der Waals surface area contributed by atoms with E-state index >= 15 is 0 Å². The van der Waals surface area contributed by atoms with E-state index in [0.717, 1.165) is 78.8 Å². The number of pyridine rings is 2. The molecule has 2 aromatic carbocycles. The maximum atomic E-state index is 14.8. The molecule has 4 heterocycles. The van der Waals surface area contributed by atoms with Gasteiger partial charge in [0.25, 0.3) is 0 Å². The summed E-state index contributed by atoms with van der Waals surface area (Å²) in [5.41, 5.74) is 15.7. The van der Waals surface area contributed by atoms with Crippen molar-refractivity contribution in [3.05, 3.63) is 123 Å². The fourth-order valence-corrected chi connectivity index (χ4v) is 9.53. The van der Waals surface area contributed by atoms with E-state index in [-0.39, 0.29) is 30.3 Å². The van der Waals surface area contributed by atoms with Crippen molar-refractivity contribution in [2.24, 2.45) is 11.7 Å². The molecule has 1 aliphatic heterocycles. The average molecular weight is 767 g/mol. The number of nitrogens with zero attached hydrogens (tertiary/aromatic N) is 5. The summed E-state index contributed by atoms with van der Waals surface area (Å²) in [6.07, 6.45) is 6.64. The Morgan fingerprint density at radius 1 is 0.963 bits per heavy atom. The van der Waals surface area contributed by atoms with E-state index in [4.69, 9.17) is 22.3 Å². The van der Waals surface area contributed by atoms with Gasteiger partial charge >= 0.3 is 11.9 Å². The number of carbonyl (C=O) groups is 2. The number of aromatic nitrogens is 4. The number of imidazole rings is 1. The van der Waals surface area contributed by atoms with Gasteiger partial charge in [0.2, 0.25) is 10.0 Å². The zero-order valence-electron chi connectivity index (χ0n) is 31.0. The number of nitrogens with one attached hydrogen (secondary N) is 1. The van der Waals surface area contributed by atoms with Crippen LogP contribution in [0.5, 0.6) is 0 Å². The second-order valence-corrected chi connectivity index (χ2v) is 17.3. The number of hydrogen-bond donors (Lipinski definition) is 2. The molecule has 1 aliphatic carbocycles. The minimum atomic E-state index is -4.15. The van der Waals surface area contributed by atoms with Crippen LogP contribution in [0.2, 0.25) is 5.02 Å². The first-order valence-electron chi connectivity index (χ1n) is 18.3. The maximum absolute atomic E-state index is 14.8. The van der Waals surface area contributed by atoms with E-state index in [0.29, 0.717) is 24.3 Å². The lowest BCUT2D eigenvalue weighted by molar-refractivity contribution is -0.777. The first kappa shape index (κ1) is 37.6. The molecule has 0 radical (unpaired) electrons. The van der Waals surface area contributed by atoms with Crippen molar-refractivity contribution in [2.75, 3.05) is 20.1 Å². The summed E-state index contributed by atoms with van der Waals surface area (Å²) in [6, 6.07) is 16.5. The summed E-state index contributed by atoms with van der Waals surface area (Å²) in [5.74, 6) is 0.228. The number of H-pyrrole nitrogens is 1. The number of fused-ring (bicyclic) bond motifs is 3. The second-order valence-electron chi connectivity index (χ2n) is 14.8. The summed E-state index contributed by atoms with van der Waals surface area (Å²) in [6.45, 7) is 5.98. The molecule has 1 atom stereocenters. The Hall–Kier alpha value is -4.75. The number of halogens is 1. The van der Waals surface area contributed by atoms with Gasteiger partial charge in [0.05, 0.1) is 34.9 Å². The van der Waals surface area contributed by atoms with Crippen molar-refractivity contribution < 1.29 is 22.5 Å². The molecule has 54 heavy (non-hydrogen) atoms. The predicted molar refractivity (Wildman–Crippen MR) is 209 cm³/mol. The Labute approximate surface area is 320 Å². The highest BCUT2D eigenvalue weighted by Gasteiger charge is 2.51. The summed E-state index contributed by atoms with van der Waals surface area (Å²) in [7, 11) is -2.73. The van der Waals surface area contributed by atoms with E-state index in [2.05, 4.69) is 21.0 Å². The van der Waals surface area contributed by atoms with Gasteiger partial charge in [0.1, 0.15) is 17.4 Å². The van der Waals surface area contributed by atoms with E-state index in [1.807, 2.05) is 51.1 Å². The molecule has 0 saturated carbocycles. The van der Waals surface area contributed by atoms with Crippen LogP contribution in [0.25, 0.3) is 16.6 Å².